The third-order valence-electron chi connectivity index (χ3n) is 1.70. The Morgan fingerprint density at radius 3 is 3.27 bits per heavy atom. The topological polar surface area (TPSA) is 21.3 Å². The van der Waals surface area contributed by atoms with E-state index >= 15 is 0 Å². The Bertz CT molecular complexity index is 275. The molecule has 0 atom stereocenters. The maximum Gasteiger partial charge on any atom is 0.150 e. The molecule has 0 unspecified atom stereocenters. The molecule has 58 valence electrons. The summed E-state index contributed by atoms with van der Waals surface area (Å²) in [5.74, 6) is 0.944. The molecule has 11 heavy (non-hydrogen) atoms. The Hall–Kier alpha value is -0.540. The normalized spacial score (nSPS) is 15.4. The van der Waals surface area contributed by atoms with E-state index in [0.29, 0.717) is 0 Å². The van der Waals surface area contributed by atoms with Crippen molar-refractivity contribution in [3.8, 4) is 5.75 Å². The predicted octanol–water partition coefficient (Wildman–Crippen LogP) is 1.89. The Balaban J connectivity index is 2.43. The van der Waals surface area contributed by atoms with Crippen LogP contribution in [0, 0.1) is 0 Å². The van der Waals surface area contributed by atoms with Crippen molar-refractivity contribution in [3.05, 3.63) is 28.2 Å². The molecule has 2 rings (SSSR count). The summed E-state index contributed by atoms with van der Waals surface area (Å²) in [5.41, 5.74) is 4.11. The third-order valence-corrected chi connectivity index (χ3v) is 2.19. The van der Waals surface area contributed by atoms with Crippen LogP contribution in [0.1, 0.15) is 5.56 Å². The van der Waals surface area contributed by atoms with Crippen molar-refractivity contribution < 1.29 is 4.84 Å². The van der Waals surface area contributed by atoms with Crippen molar-refractivity contribution in [1.29, 1.82) is 0 Å². The molecule has 0 amide bonds. The van der Waals surface area contributed by atoms with Crippen LogP contribution in [0.3, 0.4) is 0 Å². The number of halogens is 1. The van der Waals surface area contributed by atoms with Gasteiger partial charge in [-0.3, -0.25) is 0 Å². The van der Waals surface area contributed by atoms with Crippen LogP contribution in [0.25, 0.3) is 0 Å². The molecular weight excluding hydrogens is 206 g/mol. The van der Waals surface area contributed by atoms with Gasteiger partial charge in [-0.15, -0.1) is 0 Å². The van der Waals surface area contributed by atoms with E-state index in [-0.39, 0.29) is 0 Å². The molecule has 0 bridgehead atoms. The van der Waals surface area contributed by atoms with Gasteiger partial charge in [-0.05, 0) is 30.2 Å². The van der Waals surface area contributed by atoms with Gasteiger partial charge in [0.05, 0.1) is 0 Å². The second-order valence-electron chi connectivity index (χ2n) is 2.50. The quantitative estimate of drug-likeness (QED) is 0.711. The van der Waals surface area contributed by atoms with E-state index in [9.17, 15) is 0 Å². The molecule has 0 radical (unpaired) electrons. The van der Waals surface area contributed by atoms with Crippen LogP contribution < -0.4 is 10.3 Å². The molecular formula is C8H8BrNO. The first-order valence-corrected chi connectivity index (χ1v) is 4.34. The first-order valence-electron chi connectivity index (χ1n) is 3.54. The van der Waals surface area contributed by atoms with Gasteiger partial charge in [0, 0.05) is 11.0 Å². The minimum Gasteiger partial charge on any atom is -0.408 e. The van der Waals surface area contributed by atoms with Crippen LogP contribution in [0.2, 0.25) is 0 Å². The maximum absolute atomic E-state index is 5.21. The second kappa shape index (κ2) is 2.83. The summed E-state index contributed by atoms with van der Waals surface area (Å²) in [5, 5.41) is 0. The number of hydrogen-bond acceptors (Lipinski definition) is 2. The molecule has 0 saturated heterocycles. The lowest BCUT2D eigenvalue weighted by Gasteiger charge is -2.16. The Morgan fingerprint density at radius 2 is 2.36 bits per heavy atom. The highest BCUT2D eigenvalue weighted by atomic mass is 79.9. The van der Waals surface area contributed by atoms with Crippen LogP contribution in [-0.4, -0.2) is 6.54 Å². The zero-order valence-electron chi connectivity index (χ0n) is 5.93. The fourth-order valence-electron chi connectivity index (χ4n) is 1.16. The van der Waals surface area contributed by atoms with Gasteiger partial charge < -0.3 is 4.84 Å². The van der Waals surface area contributed by atoms with Crippen LogP contribution in [-0.2, 0) is 6.42 Å². The minimum atomic E-state index is 0.892. The molecule has 1 aliphatic rings. The van der Waals surface area contributed by atoms with Crippen molar-refractivity contribution in [2.24, 2.45) is 0 Å². The number of hydrogen-bond donors (Lipinski definition) is 1. The van der Waals surface area contributed by atoms with Gasteiger partial charge in [0.15, 0.2) is 0 Å². The van der Waals surface area contributed by atoms with Gasteiger partial charge in [0.25, 0.3) is 0 Å². The summed E-state index contributed by atoms with van der Waals surface area (Å²) in [4.78, 5) is 5.21. The number of benzene rings is 1. The van der Waals surface area contributed by atoms with Crippen molar-refractivity contribution in [2.75, 3.05) is 6.54 Å². The highest BCUT2D eigenvalue weighted by molar-refractivity contribution is 9.10. The summed E-state index contributed by atoms with van der Waals surface area (Å²) < 4.78 is 1.11. The highest BCUT2D eigenvalue weighted by Crippen LogP contribution is 2.24. The molecule has 0 saturated carbocycles. The average Bonchev–Trinajstić information content (AvgIpc) is 2.04. The van der Waals surface area contributed by atoms with Crippen molar-refractivity contribution in [1.82, 2.24) is 5.48 Å². The zero-order valence-corrected chi connectivity index (χ0v) is 7.52. The lowest BCUT2D eigenvalue weighted by Crippen LogP contribution is -2.26. The summed E-state index contributed by atoms with van der Waals surface area (Å²) in [6, 6.07) is 6.04. The monoisotopic (exact) mass is 213 g/mol. The van der Waals surface area contributed by atoms with E-state index in [2.05, 4.69) is 27.5 Å². The van der Waals surface area contributed by atoms with Crippen molar-refractivity contribution in [2.45, 2.75) is 6.42 Å². The standard InChI is InChI=1S/C8H8BrNO/c9-7-1-2-8-6(5-7)3-4-10-11-8/h1-2,5,10H,3-4H2. The summed E-state index contributed by atoms with van der Waals surface area (Å²) >= 11 is 3.41. The van der Waals surface area contributed by atoms with Gasteiger partial charge >= 0.3 is 0 Å². The molecule has 0 spiro atoms. The molecule has 1 aromatic rings. The van der Waals surface area contributed by atoms with Crippen LogP contribution in [0.4, 0.5) is 0 Å². The van der Waals surface area contributed by atoms with E-state index < -0.39 is 0 Å². The smallest absolute Gasteiger partial charge is 0.150 e. The maximum atomic E-state index is 5.21. The van der Waals surface area contributed by atoms with Crippen molar-refractivity contribution >= 4 is 15.9 Å². The molecule has 2 nitrogen and oxygen atoms in total. The van der Waals surface area contributed by atoms with Gasteiger partial charge in [-0.25, -0.2) is 0 Å². The molecule has 1 aromatic carbocycles. The van der Waals surface area contributed by atoms with E-state index in [4.69, 9.17) is 4.84 Å². The Labute approximate surface area is 73.6 Å². The second-order valence-corrected chi connectivity index (χ2v) is 3.41. The van der Waals surface area contributed by atoms with E-state index in [0.717, 1.165) is 23.2 Å². The lowest BCUT2D eigenvalue weighted by atomic mass is 10.1. The predicted molar refractivity (Wildman–Crippen MR) is 46.5 cm³/mol. The van der Waals surface area contributed by atoms with Gasteiger partial charge in [0.1, 0.15) is 5.75 Å². The summed E-state index contributed by atoms with van der Waals surface area (Å²) in [6.07, 6.45) is 1.04. The number of rotatable bonds is 0. The molecule has 1 heterocycles. The summed E-state index contributed by atoms with van der Waals surface area (Å²) in [7, 11) is 0. The SMILES string of the molecule is Brc1ccc2c(c1)CCNO2. The molecule has 1 N–H and O–H groups in total. The number of hydroxylamine groups is 1. The first kappa shape index (κ1) is 7.13. The van der Waals surface area contributed by atoms with Crippen molar-refractivity contribution in [3.63, 3.8) is 0 Å². The van der Waals surface area contributed by atoms with Gasteiger partial charge in [-0.2, -0.15) is 5.48 Å². The van der Waals surface area contributed by atoms with Crippen LogP contribution >= 0.6 is 15.9 Å². The summed E-state index contributed by atoms with van der Waals surface area (Å²) in [6.45, 7) is 0.892. The van der Waals surface area contributed by atoms with E-state index in [1.165, 1.54) is 5.56 Å². The van der Waals surface area contributed by atoms with Crippen LogP contribution in [0.15, 0.2) is 22.7 Å². The number of fused-ring (bicyclic) bond motifs is 1. The fourth-order valence-corrected chi connectivity index (χ4v) is 1.57. The van der Waals surface area contributed by atoms with E-state index in [1.807, 2.05) is 12.1 Å². The highest BCUT2D eigenvalue weighted by Gasteiger charge is 2.08. The number of nitrogens with one attached hydrogen (secondary N) is 1. The largest absolute Gasteiger partial charge is 0.408 e. The van der Waals surface area contributed by atoms with E-state index in [1.54, 1.807) is 0 Å². The molecule has 3 heteroatoms. The molecule has 1 aliphatic heterocycles. The zero-order chi connectivity index (χ0) is 7.68. The van der Waals surface area contributed by atoms with Gasteiger partial charge in [-0.1, -0.05) is 15.9 Å². The average molecular weight is 214 g/mol. The Kier molecular flexibility index (Phi) is 1.84. The fraction of sp³-hybridized carbons (Fsp3) is 0.250. The molecule has 0 aromatic heterocycles. The minimum absolute atomic E-state index is 0.892. The molecule has 0 fully saturated rings. The Morgan fingerprint density at radius 1 is 1.45 bits per heavy atom. The van der Waals surface area contributed by atoms with Gasteiger partial charge in [0.2, 0.25) is 0 Å². The third kappa shape index (κ3) is 1.39. The first-order chi connectivity index (χ1) is 5.36. The van der Waals surface area contributed by atoms with Crippen LogP contribution in [0.5, 0.6) is 5.75 Å². The molecule has 0 aliphatic carbocycles. The lowest BCUT2D eigenvalue weighted by molar-refractivity contribution is 0.180.